The molecule has 0 bridgehead atoms. The molecule has 0 aliphatic rings. The van der Waals surface area contributed by atoms with Crippen LogP contribution in [-0.4, -0.2) is 29.9 Å². The van der Waals surface area contributed by atoms with E-state index >= 15 is 0 Å². The third-order valence-corrected chi connectivity index (χ3v) is 3.41. The molecule has 0 heterocycles. The van der Waals surface area contributed by atoms with Crippen LogP contribution in [0.1, 0.15) is 11.1 Å². The average Bonchev–Trinajstić information content (AvgIpc) is 2.56. The lowest BCUT2D eigenvalue weighted by atomic mass is 10.2. The van der Waals surface area contributed by atoms with Gasteiger partial charge in [0.25, 0.3) is 5.69 Å². The second-order valence-corrected chi connectivity index (χ2v) is 5.17. The van der Waals surface area contributed by atoms with Crippen LogP contribution in [0.4, 0.5) is 5.69 Å². The molecule has 0 unspecified atom stereocenters. The van der Waals surface area contributed by atoms with Crippen LogP contribution in [0.2, 0.25) is 0 Å². The van der Waals surface area contributed by atoms with Crippen molar-refractivity contribution in [3.8, 4) is 0 Å². The molecule has 2 aromatic rings. The topological polar surface area (TPSA) is 70.8 Å². The summed E-state index contributed by atoms with van der Waals surface area (Å²) in [6, 6.07) is 16.7. The van der Waals surface area contributed by atoms with E-state index in [2.05, 4.69) is 22.4 Å². The summed E-state index contributed by atoms with van der Waals surface area (Å²) in [6.45, 7) is 1.21. The Morgan fingerprint density at radius 1 is 1.17 bits per heavy atom. The maximum absolute atomic E-state index is 10.8. The highest BCUT2D eigenvalue weighted by Gasteiger charge is 2.08. The molecule has 0 spiro atoms. The van der Waals surface area contributed by atoms with Gasteiger partial charge in [-0.2, -0.15) is 0 Å². The summed E-state index contributed by atoms with van der Waals surface area (Å²) in [7, 11) is 3.67. The van der Waals surface area contributed by atoms with Gasteiger partial charge in [0.15, 0.2) is 5.96 Å². The molecular weight excluding hydrogens is 419 g/mol. The lowest BCUT2D eigenvalue weighted by molar-refractivity contribution is -0.384. The van der Waals surface area contributed by atoms with Gasteiger partial charge in [-0.15, -0.1) is 24.0 Å². The first-order valence-corrected chi connectivity index (χ1v) is 7.29. The molecule has 0 amide bonds. The van der Waals surface area contributed by atoms with E-state index in [1.807, 2.05) is 36.2 Å². The van der Waals surface area contributed by atoms with Crippen LogP contribution in [0, 0.1) is 10.1 Å². The lowest BCUT2D eigenvalue weighted by Gasteiger charge is -2.22. The summed E-state index contributed by atoms with van der Waals surface area (Å²) < 4.78 is 0. The summed E-state index contributed by atoms with van der Waals surface area (Å²) >= 11 is 0. The fraction of sp³-hybridized carbons (Fsp3) is 0.235. The summed E-state index contributed by atoms with van der Waals surface area (Å²) in [4.78, 5) is 16.7. The molecule has 6 nitrogen and oxygen atoms in total. The predicted octanol–water partition coefficient (Wildman–Crippen LogP) is 3.42. The third-order valence-electron chi connectivity index (χ3n) is 3.41. The zero-order chi connectivity index (χ0) is 16.7. The zero-order valence-corrected chi connectivity index (χ0v) is 16.0. The van der Waals surface area contributed by atoms with Crippen molar-refractivity contribution in [1.29, 1.82) is 0 Å². The molecule has 0 aliphatic heterocycles. The standard InChI is InChI=1S/C17H20N4O2.HI/c1-18-17(20(2)13-14-7-4-3-5-8-14)19-12-15-9-6-10-16(11-15)21(22)23;/h3-11H,12-13H2,1-2H3,(H,18,19);1H. The van der Waals surface area contributed by atoms with Gasteiger partial charge in [-0.05, 0) is 11.1 Å². The summed E-state index contributed by atoms with van der Waals surface area (Å²) in [5.41, 5.74) is 2.12. The predicted molar refractivity (Wildman–Crippen MR) is 107 cm³/mol. The number of aliphatic imine (C=N–C) groups is 1. The fourth-order valence-electron chi connectivity index (χ4n) is 2.28. The molecule has 0 saturated carbocycles. The van der Waals surface area contributed by atoms with Gasteiger partial charge in [0.2, 0.25) is 0 Å². The van der Waals surface area contributed by atoms with Crippen molar-refractivity contribution in [2.24, 2.45) is 4.99 Å². The van der Waals surface area contributed by atoms with Gasteiger partial charge in [0.1, 0.15) is 0 Å². The third kappa shape index (κ3) is 5.80. The molecule has 24 heavy (non-hydrogen) atoms. The summed E-state index contributed by atoms with van der Waals surface area (Å²) in [6.07, 6.45) is 0. The van der Waals surface area contributed by atoms with Gasteiger partial charge >= 0.3 is 0 Å². The maximum Gasteiger partial charge on any atom is 0.269 e. The van der Waals surface area contributed by atoms with Gasteiger partial charge in [-0.1, -0.05) is 42.5 Å². The number of nitrogens with one attached hydrogen (secondary N) is 1. The van der Waals surface area contributed by atoms with E-state index in [-0.39, 0.29) is 34.6 Å². The van der Waals surface area contributed by atoms with Crippen LogP contribution in [-0.2, 0) is 13.1 Å². The molecule has 0 atom stereocenters. The van der Waals surface area contributed by atoms with Crippen molar-refractivity contribution in [3.05, 3.63) is 75.8 Å². The van der Waals surface area contributed by atoms with E-state index in [0.717, 1.165) is 18.1 Å². The number of nitrogens with zero attached hydrogens (tertiary/aromatic N) is 3. The van der Waals surface area contributed by atoms with Crippen LogP contribution in [0.25, 0.3) is 0 Å². The van der Waals surface area contributed by atoms with E-state index in [4.69, 9.17) is 0 Å². The zero-order valence-electron chi connectivity index (χ0n) is 13.7. The number of rotatable bonds is 5. The van der Waals surface area contributed by atoms with Gasteiger partial charge in [0.05, 0.1) is 4.92 Å². The van der Waals surface area contributed by atoms with Gasteiger partial charge in [0, 0.05) is 39.3 Å². The van der Waals surface area contributed by atoms with Crippen LogP contribution < -0.4 is 5.32 Å². The van der Waals surface area contributed by atoms with Crippen LogP contribution in [0.5, 0.6) is 0 Å². The number of hydrogen-bond donors (Lipinski definition) is 1. The second kappa shape index (κ2) is 9.86. The Bertz CT molecular complexity index is 692. The second-order valence-electron chi connectivity index (χ2n) is 5.17. The van der Waals surface area contributed by atoms with Crippen LogP contribution in [0.3, 0.4) is 0 Å². The van der Waals surface area contributed by atoms with Gasteiger partial charge < -0.3 is 10.2 Å². The number of benzene rings is 2. The minimum absolute atomic E-state index is 0. The number of hydrogen-bond acceptors (Lipinski definition) is 3. The number of nitro benzene ring substituents is 1. The monoisotopic (exact) mass is 440 g/mol. The Hall–Kier alpha value is -2.16. The summed E-state index contributed by atoms with van der Waals surface area (Å²) in [5.74, 6) is 0.736. The highest BCUT2D eigenvalue weighted by molar-refractivity contribution is 14.0. The Morgan fingerprint density at radius 2 is 1.83 bits per heavy atom. The van der Waals surface area contributed by atoms with E-state index in [1.54, 1.807) is 19.2 Å². The largest absolute Gasteiger partial charge is 0.352 e. The Labute approximate surface area is 158 Å². The van der Waals surface area contributed by atoms with Crippen LogP contribution in [0.15, 0.2) is 59.6 Å². The number of nitro groups is 1. The minimum Gasteiger partial charge on any atom is -0.352 e. The van der Waals surface area contributed by atoms with E-state index in [9.17, 15) is 10.1 Å². The molecule has 0 radical (unpaired) electrons. The first-order chi connectivity index (χ1) is 11.1. The van der Waals surface area contributed by atoms with E-state index in [1.165, 1.54) is 11.6 Å². The highest BCUT2D eigenvalue weighted by atomic mass is 127. The Balaban J connectivity index is 0.00000288. The average molecular weight is 440 g/mol. The van der Waals surface area contributed by atoms with Crippen molar-refractivity contribution >= 4 is 35.6 Å². The fourth-order valence-corrected chi connectivity index (χ4v) is 2.28. The highest BCUT2D eigenvalue weighted by Crippen LogP contribution is 2.13. The molecule has 7 heteroatoms. The first kappa shape index (κ1) is 19.9. The number of halogens is 1. The van der Waals surface area contributed by atoms with Crippen LogP contribution >= 0.6 is 24.0 Å². The Kier molecular flexibility index (Phi) is 8.17. The van der Waals surface area contributed by atoms with Crippen molar-refractivity contribution in [1.82, 2.24) is 10.2 Å². The normalized spacial score (nSPS) is 10.7. The number of guanidine groups is 1. The smallest absolute Gasteiger partial charge is 0.269 e. The van der Waals surface area contributed by atoms with Crippen molar-refractivity contribution < 1.29 is 4.92 Å². The van der Waals surface area contributed by atoms with Crippen molar-refractivity contribution in [2.75, 3.05) is 14.1 Å². The molecule has 2 rings (SSSR count). The molecule has 128 valence electrons. The van der Waals surface area contributed by atoms with Crippen molar-refractivity contribution in [2.45, 2.75) is 13.1 Å². The lowest BCUT2D eigenvalue weighted by Crippen LogP contribution is -2.38. The van der Waals surface area contributed by atoms with Gasteiger partial charge in [-0.25, -0.2) is 0 Å². The minimum atomic E-state index is -0.389. The molecule has 0 saturated heterocycles. The molecule has 1 N–H and O–H groups in total. The number of non-ortho nitro benzene ring substituents is 1. The molecule has 2 aromatic carbocycles. The molecule has 0 fully saturated rings. The summed E-state index contributed by atoms with van der Waals surface area (Å²) in [5, 5.41) is 14.0. The SMILES string of the molecule is CN=C(NCc1cccc([N+](=O)[O-])c1)N(C)Cc1ccccc1.I. The molecule has 0 aliphatic carbocycles. The quantitative estimate of drug-likeness (QED) is 0.254. The molecular formula is C17H21IN4O2. The Morgan fingerprint density at radius 3 is 2.46 bits per heavy atom. The first-order valence-electron chi connectivity index (χ1n) is 7.29. The molecule has 0 aromatic heterocycles. The van der Waals surface area contributed by atoms with E-state index in [0.29, 0.717) is 6.54 Å². The van der Waals surface area contributed by atoms with Gasteiger partial charge in [-0.3, -0.25) is 15.1 Å². The van der Waals surface area contributed by atoms with Crippen molar-refractivity contribution in [3.63, 3.8) is 0 Å². The maximum atomic E-state index is 10.8. The van der Waals surface area contributed by atoms with E-state index < -0.39 is 0 Å².